The van der Waals surface area contributed by atoms with Crippen molar-refractivity contribution in [1.82, 2.24) is 4.98 Å². The second-order valence-corrected chi connectivity index (χ2v) is 5.11. The van der Waals surface area contributed by atoms with Crippen molar-refractivity contribution in [3.8, 4) is 17.0 Å². The van der Waals surface area contributed by atoms with E-state index in [0.29, 0.717) is 5.69 Å². The highest BCUT2D eigenvalue weighted by Crippen LogP contribution is 2.25. The van der Waals surface area contributed by atoms with Gasteiger partial charge in [-0.2, -0.15) is 0 Å². The van der Waals surface area contributed by atoms with Crippen molar-refractivity contribution in [2.45, 2.75) is 26.7 Å². The van der Waals surface area contributed by atoms with E-state index in [1.807, 2.05) is 31.2 Å². The number of hydrogen-bond acceptors (Lipinski definition) is 5. The van der Waals surface area contributed by atoms with E-state index in [9.17, 15) is 14.7 Å². The molecule has 0 bridgehead atoms. The van der Waals surface area contributed by atoms with Crippen molar-refractivity contribution >= 4 is 11.8 Å². The number of ketones is 1. The third-order valence-corrected chi connectivity index (χ3v) is 3.42. The lowest BCUT2D eigenvalue weighted by atomic mass is 10.0. The molecule has 1 N–H and O–H groups in total. The molecule has 0 aliphatic carbocycles. The van der Waals surface area contributed by atoms with Crippen LogP contribution in [0.15, 0.2) is 36.4 Å². The van der Waals surface area contributed by atoms with Gasteiger partial charge in [-0.3, -0.25) is 9.59 Å². The molecule has 2 rings (SSSR count). The van der Waals surface area contributed by atoms with E-state index in [2.05, 4.69) is 4.98 Å². The van der Waals surface area contributed by atoms with Crippen molar-refractivity contribution in [2.75, 3.05) is 6.61 Å². The summed E-state index contributed by atoms with van der Waals surface area (Å²) in [5.74, 6) is -1.00. The molecular weight excluding hydrogens is 294 g/mol. The number of nitrogens with zero attached hydrogens (tertiary/aromatic N) is 1. The Kier molecular flexibility index (Phi) is 5.46. The van der Waals surface area contributed by atoms with Gasteiger partial charge < -0.3 is 9.84 Å². The van der Waals surface area contributed by atoms with Crippen LogP contribution in [0.25, 0.3) is 11.3 Å². The number of ether oxygens (including phenoxy) is 1. The minimum Gasteiger partial charge on any atom is -0.506 e. The van der Waals surface area contributed by atoms with E-state index in [0.717, 1.165) is 11.1 Å². The fourth-order valence-electron chi connectivity index (χ4n) is 2.23. The number of benzene rings is 1. The van der Waals surface area contributed by atoms with Gasteiger partial charge in [-0.05, 0) is 31.5 Å². The zero-order valence-electron chi connectivity index (χ0n) is 13.2. The first-order valence-corrected chi connectivity index (χ1v) is 7.47. The SMILES string of the molecule is CCOC(=O)CCC(=O)c1nc(-c2ccccc2C)ccc1O. The molecule has 23 heavy (non-hydrogen) atoms. The highest BCUT2D eigenvalue weighted by molar-refractivity contribution is 5.98. The highest BCUT2D eigenvalue weighted by atomic mass is 16.5. The largest absolute Gasteiger partial charge is 0.506 e. The summed E-state index contributed by atoms with van der Waals surface area (Å²) in [6.07, 6.45) is -0.0704. The van der Waals surface area contributed by atoms with E-state index in [1.165, 1.54) is 6.07 Å². The molecule has 1 aromatic heterocycles. The monoisotopic (exact) mass is 313 g/mol. The number of hydrogen-bond donors (Lipinski definition) is 1. The molecule has 0 saturated heterocycles. The fraction of sp³-hybridized carbons (Fsp3) is 0.278. The number of aromatic hydroxyl groups is 1. The number of aryl methyl sites for hydroxylation is 1. The minimum absolute atomic E-state index is 0.0185. The molecular formula is C18H19NO4. The number of pyridine rings is 1. The predicted octanol–water partition coefficient (Wildman–Crippen LogP) is 3.29. The van der Waals surface area contributed by atoms with Gasteiger partial charge in [0.25, 0.3) is 0 Å². The molecule has 5 heteroatoms. The maximum atomic E-state index is 12.2. The van der Waals surface area contributed by atoms with Crippen LogP contribution in [0.4, 0.5) is 0 Å². The molecule has 0 atom stereocenters. The van der Waals surface area contributed by atoms with Crippen LogP contribution in [0.2, 0.25) is 0 Å². The Labute approximate surface area is 134 Å². The smallest absolute Gasteiger partial charge is 0.306 e. The van der Waals surface area contributed by atoms with Crippen LogP contribution >= 0.6 is 0 Å². The quantitative estimate of drug-likeness (QED) is 0.654. The highest BCUT2D eigenvalue weighted by Gasteiger charge is 2.17. The number of carbonyl (C=O) groups excluding carboxylic acids is 2. The topological polar surface area (TPSA) is 76.5 Å². The predicted molar refractivity (Wildman–Crippen MR) is 86.3 cm³/mol. The zero-order valence-corrected chi connectivity index (χ0v) is 13.2. The Morgan fingerprint density at radius 2 is 1.87 bits per heavy atom. The zero-order chi connectivity index (χ0) is 16.8. The molecule has 0 fully saturated rings. The van der Waals surface area contributed by atoms with Crippen molar-refractivity contribution in [3.63, 3.8) is 0 Å². The Hall–Kier alpha value is -2.69. The van der Waals surface area contributed by atoms with Gasteiger partial charge >= 0.3 is 5.97 Å². The lowest BCUT2D eigenvalue weighted by Crippen LogP contribution is -2.09. The lowest BCUT2D eigenvalue weighted by molar-refractivity contribution is -0.143. The molecule has 0 radical (unpaired) electrons. The van der Waals surface area contributed by atoms with E-state index in [-0.39, 0.29) is 36.7 Å². The van der Waals surface area contributed by atoms with Gasteiger partial charge in [0.2, 0.25) is 0 Å². The first-order valence-electron chi connectivity index (χ1n) is 7.47. The molecule has 5 nitrogen and oxygen atoms in total. The number of carbonyl (C=O) groups is 2. The molecule has 0 aliphatic rings. The van der Waals surface area contributed by atoms with E-state index in [1.54, 1.807) is 13.0 Å². The molecule has 1 heterocycles. The average Bonchev–Trinajstić information content (AvgIpc) is 2.54. The maximum Gasteiger partial charge on any atom is 0.306 e. The summed E-state index contributed by atoms with van der Waals surface area (Å²) in [7, 11) is 0. The molecule has 0 unspecified atom stereocenters. The Balaban J connectivity index is 2.22. The summed E-state index contributed by atoms with van der Waals surface area (Å²) in [6.45, 7) is 3.93. The number of Topliss-reactive ketones (excluding diaryl/α,β-unsaturated/α-hetero) is 1. The van der Waals surface area contributed by atoms with Crippen molar-refractivity contribution in [2.24, 2.45) is 0 Å². The van der Waals surface area contributed by atoms with Crippen LogP contribution in [0, 0.1) is 6.92 Å². The van der Waals surface area contributed by atoms with Crippen molar-refractivity contribution in [1.29, 1.82) is 0 Å². The van der Waals surface area contributed by atoms with Gasteiger partial charge in [-0.1, -0.05) is 24.3 Å². The molecule has 0 saturated carbocycles. The van der Waals surface area contributed by atoms with Gasteiger partial charge in [0.05, 0.1) is 18.7 Å². The van der Waals surface area contributed by atoms with Crippen LogP contribution in [-0.2, 0) is 9.53 Å². The van der Waals surface area contributed by atoms with Crippen molar-refractivity contribution < 1.29 is 19.4 Å². The Bertz CT molecular complexity index is 725. The van der Waals surface area contributed by atoms with Crippen LogP contribution in [0.5, 0.6) is 5.75 Å². The Morgan fingerprint density at radius 3 is 2.57 bits per heavy atom. The Morgan fingerprint density at radius 1 is 1.13 bits per heavy atom. The first-order chi connectivity index (χ1) is 11.0. The van der Waals surface area contributed by atoms with Gasteiger partial charge in [-0.25, -0.2) is 4.98 Å². The van der Waals surface area contributed by atoms with Gasteiger partial charge in [0.15, 0.2) is 5.78 Å². The standard InChI is InChI=1S/C18H19NO4/c1-3-23-17(22)11-10-16(21)18-15(20)9-8-14(19-18)13-7-5-4-6-12(13)2/h4-9,20H,3,10-11H2,1-2H3. The second-order valence-electron chi connectivity index (χ2n) is 5.11. The van der Waals surface area contributed by atoms with Crippen LogP contribution < -0.4 is 0 Å². The molecule has 0 amide bonds. The lowest BCUT2D eigenvalue weighted by Gasteiger charge is -2.08. The first kappa shape index (κ1) is 16.7. The van der Waals surface area contributed by atoms with Crippen LogP contribution in [0.3, 0.4) is 0 Å². The number of rotatable bonds is 6. The summed E-state index contributed by atoms with van der Waals surface area (Å²) in [5.41, 5.74) is 2.51. The molecule has 2 aromatic rings. The van der Waals surface area contributed by atoms with Gasteiger partial charge in [0, 0.05) is 12.0 Å². The van der Waals surface area contributed by atoms with E-state index < -0.39 is 5.97 Å². The van der Waals surface area contributed by atoms with E-state index >= 15 is 0 Å². The molecule has 120 valence electrons. The summed E-state index contributed by atoms with van der Waals surface area (Å²) in [4.78, 5) is 27.8. The van der Waals surface area contributed by atoms with E-state index in [4.69, 9.17) is 4.74 Å². The third kappa shape index (κ3) is 4.16. The maximum absolute atomic E-state index is 12.2. The van der Waals surface area contributed by atoms with Gasteiger partial charge in [-0.15, -0.1) is 0 Å². The summed E-state index contributed by atoms with van der Waals surface area (Å²) in [5, 5.41) is 9.89. The normalized spacial score (nSPS) is 10.3. The van der Waals surface area contributed by atoms with Crippen LogP contribution in [-0.4, -0.2) is 28.4 Å². The summed E-state index contributed by atoms with van der Waals surface area (Å²) in [6, 6.07) is 10.8. The molecule has 0 spiro atoms. The number of aromatic nitrogens is 1. The minimum atomic E-state index is -0.435. The summed E-state index contributed by atoms with van der Waals surface area (Å²) < 4.78 is 4.79. The van der Waals surface area contributed by atoms with Gasteiger partial charge in [0.1, 0.15) is 11.4 Å². The van der Waals surface area contributed by atoms with Crippen molar-refractivity contribution in [3.05, 3.63) is 47.7 Å². The fourth-order valence-corrected chi connectivity index (χ4v) is 2.23. The molecule has 1 aromatic carbocycles. The summed E-state index contributed by atoms with van der Waals surface area (Å²) >= 11 is 0. The molecule has 0 aliphatic heterocycles. The van der Waals surface area contributed by atoms with Crippen LogP contribution in [0.1, 0.15) is 35.8 Å². The average molecular weight is 313 g/mol. The second kappa shape index (κ2) is 7.54. The number of esters is 1. The third-order valence-electron chi connectivity index (χ3n) is 3.42.